The molecule has 0 unspecified atom stereocenters. The SMILES string of the molecule is CCOCCC(=O)Nc1nnnn1-c1ccccc1. The van der Waals surface area contributed by atoms with Gasteiger partial charge in [-0.2, -0.15) is 4.68 Å². The van der Waals surface area contributed by atoms with Crippen LogP contribution in [0.5, 0.6) is 0 Å². The van der Waals surface area contributed by atoms with Gasteiger partial charge in [0.25, 0.3) is 5.95 Å². The molecule has 7 heteroatoms. The van der Waals surface area contributed by atoms with E-state index < -0.39 is 0 Å². The zero-order valence-corrected chi connectivity index (χ0v) is 10.6. The van der Waals surface area contributed by atoms with Crippen molar-refractivity contribution in [1.82, 2.24) is 20.2 Å². The number of aromatic nitrogens is 4. The first kappa shape index (κ1) is 13.2. The normalized spacial score (nSPS) is 10.4. The highest BCUT2D eigenvalue weighted by molar-refractivity contribution is 5.89. The predicted octanol–water partition coefficient (Wildman–Crippen LogP) is 1.03. The lowest BCUT2D eigenvalue weighted by molar-refractivity contribution is -0.117. The number of carbonyl (C=O) groups excluding carboxylic acids is 1. The van der Waals surface area contributed by atoms with Gasteiger partial charge in [0.05, 0.1) is 18.7 Å². The fraction of sp³-hybridized carbons (Fsp3) is 0.333. The Bertz CT molecular complexity index is 526. The van der Waals surface area contributed by atoms with E-state index in [0.29, 0.717) is 19.2 Å². The first-order valence-electron chi connectivity index (χ1n) is 6.02. The molecule has 0 radical (unpaired) electrons. The van der Waals surface area contributed by atoms with Gasteiger partial charge < -0.3 is 4.74 Å². The number of benzene rings is 1. The summed E-state index contributed by atoms with van der Waals surface area (Å²) in [6, 6.07) is 9.35. The molecular weight excluding hydrogens is 246 g/mol. The van der Waals surface area contributed by atoms with Gasteiger partial charge in [0.1, 0.15) is 0 Å². The number of nitrogens with zero attached hydrogens (tertiary/aromatic N) is 4. The number of para-hydroxylation sites is 1. The van der Waals surface area contributed by atoms with Gasteiger partial charge in [0.2, 0.25) is 5.91 Å². The zero-order valence-electron chi connectivity index (χ0n) is 10.6. The molecule has 1 aromatic heterocycles. The number of tetrazole rings is 1. The van der Waals surface area contributed by atoms with E-state index in [1.54, 1.807) is 0 Å². The molecule has 0 fully saturated rings. The van der Waals surface area contributed by atoms with Crippen molar-refractivity contribution in [2.45, 2.75) is 13.3 Å². The molecule has 0 atom stereocenters. The van der Waals surface area contributed by atoms with Crippen LogP contribution < -0.4 is 5.32 Å². The topological polar surface area (TPSA) is 81.9 Å². The highest BCUT2D eigenvalue weighted by Crippen LogP contribution is 2.10. The summed E-state index contributed by atoms with van der Waals surface area (Å²) in [6.07, 6.45) is 0.273. The molecule has 2 aromatic rings. The van der Waals surface area contributed by atoms with Gasteiger partial charge in [-0.25, -0.2) is 0 Å². The highest BCUT2D eigenvalue weighted by atomic mass is 16.5. The van der Waals surface area contributed by atoms with E-state index in [9.17, 15) is 4.79 Å². The molecule has 19 heavy (non-hydrogen) atoms. The van der Waals surface area contributed by atoms with Crippen LogP contribution in [0.15, 0.2) is 30.3 Å². The van der Waals surface area contributed by atoms with E-state index in [4.69, 9.17) is 4.74 Å². The van der Waals surface area contributed by atoms with Gasteiger partial charge in [0.15, 0.2) is 0 Å². The Hall–Kier alpha value is -2.28. The zero-order chi connectivity index (χ0) is 13.5. The average molecular weight is 261 g/mol. The van der Waals surface area contributed by atoms with Crippen molar-refractivity contribution in [3.63, 3.8) is 0 Å². The summed E-state index contributed by atoms with van der Waals surface area (Å²) in [5.41, 5.74) is 0.785. The Balaban J connectivity index is 2.02. The van der Waals surface area contributed by atoms with E-state index >= 15 is 0 Å². The summed E-state index contributed by atoms with van der Waals surface area (Å²) in [7, 11) is 0. The molecule has 0 spiro atoms. The molecule has 0 saturated heterocycles. The molecular formula is C12H15N5O2. The van der Waals surface area contributed by atoms with E-state index in [2.05, 4.69) is 20.8 Å². The second kappa shape index (κ2) is 6.60. The Kier molecular flexibility index (Phi) is 4.57. The second-order valence-electron chi connectivity index (χ2n) is 3.74. The minimum Gasteiger partial charge on any atom is -0.381 e. The van der Waals surface area contributed by atoms with Gasteiger partial charge >= 0.3 is 0 Å². The summed E-state index contributed by atoms with van der Waals surface area (Å²) in [4.78, 5) is 11.7. The predicted molar refractivity (Wildman–Crippen MR) is 68.9 cm³/mol. The lowest BCUT2D eigenvalue weighted by Crippen LogP contribution is -2.17. The van der Waals surface area contributed by atoms with Gasteiger partial charge in [0, 0.05) is 6.61 Å². The molecule has 0 saturated carbocycles. The first-order chi connectivity index (χ1) is 9.31. The molecule has 1 N–H and O–H groups in total. The standard InChI is InChI=1S/C12H15N5O2/c1-2-19-9-8-11(18)13-12-14-15-16-17(12)10-6-4-3-5-7-10/h3-7H,2,8-9H2,1H3,(H,13,14,16,18). The number of anilines is 1. The number of hydrogen-bond acceptors (Lipinski definition) is 5. The Morgan fingerprint density at radius 2 is 2.16 bits per heavy atom. The van der Waals surface area contributed by atoms with Crippen molar-refractivity contribution in [3.05, 3.63) is 30.3 Å². The molecule has 7 nitrogen and oxygen atoms in total. The van der Waals surface area contributed by atoms with Crippen LogP contribution in [0.3, 0.4) is 0 Å². The maximum absolute atomic E-state index is 11.7. The molecule has 100 valence electrons. The van der Waals surface area contributed by atoms with E-state index in [1.807, 2.05) is 37.3 Å². The Morgan fingerprint density at radius 1 is 1.37 bits per heavy atom. The maximum atomic E-state index is 11.7. The number of nitrogens with one attached hydrogen (secondary N) is 1. The number of hydrogen-bond donors (Lipinski definition) is 1. The monoisotopic (exact) mass is 261 g/mol. The summed E-state index contributed by atoms with van der Waals surface area (Å²) in [6.45, 7) is 2.86. The number of ether oxygens (including phenoxy) is 1. The Labute approximate surface area is 110 Å². The van der Waals surface area contributed by atoms with Crippen molar-refractivity contribution in [1.29, 1.82) is 0 Å². The highest BCUT2D eigenvalue weighted by Gasteiger charge is 2.11. The van der Waals surface area contributed by atoms with E-state index in [1.165, 1.54) is 4.68 Å². The lowest BCUT2D eigenvalue weighted by atomic mass is 10.3. The third-order valence-corrected chi connectivity index (χ3v) is 2.40. The number of rotatable bonds is 6. The third kappa shape index (κ3) is 3.59. The van der Waals surface area contributed by atoms with Gasteiger partial charge in [-0.05, 0) is 29.5 Å². The fourth-order valence-corrected chi connectivity index (χ4v) is 1.50. The number of amides is 1. The molecule has 0 bridgehead atoms. The summed E-state index contributed by atoms with van der Waals surface area (Å²) >= 11 is 0. The van der Waals surface area contributed by atoms with Crippen LogP contribution in [0.1, 0.15) is 13.3 Å². The van der Waals surface area contributed by atoms with Crippen LogP contribution in [-0.4, -0.2) is 39.3 Å². The van der Waals surface area contributed by atoms with Gasteiger partial charge in [-0.3, -0.25) is 10.1 Å². The molecule has 0 aliphatic rings. The Morgan fingerprint density at radius 3 is 2.89 bits per heavy atom. The molecule has 1 aromatic carbocycles. The van der Waals surface area contributed by atoms with Crippen LogP contribution in [0.4, 0.5) is 5.95 Å². The molecule has 0 aliphatic heterocycles. The fourth-order valence-electron chi connectivity index (χ4n) is 1.50. The number of carbonyl (C=O) groups is 1. The van der Waals surface area contributed by atoms with Crippen molar-refractivity contribution in [3.8, 4) is 5.69 Å². The van der Waals surface area contributed by atoms with Crippen molar-refractivity contribution < 1.29 is 9.53 Å². The van der Waals surface area contributed by atoms with Crippen LogP contribution in [0.25, 0.3) is 5.69 Å². The van der Waals surface area contributed by atoms with Crippen molar-refractivity contribution in [2.75, 3.05) is 18.5 Å². The largest absolute Gasteiger partial charge is 0.381 e. The summed E-state index contributed by atoms with van der Waals surface area (Å²) in [5.74, 6) is 0.119. The lowest BCUT2D eigenvalue weighted by Gasteiger charge is -2.05. The van der Waals surface area contributed by atoms with E-state index in [0.717, 1.165) is 5.69 Å². The van der Waals surface area contributed by atoms with E-state index in [-0.39, 0.29) is 12.3 Å². The first-order valence-corrected chi connectivity index (χ1v) is 6.02. The smallest absolute Gasteiger partial charge is 0.254 e. The molecule has 0 aliphatic carbocycles. The van der Waals surface area contributed by atoms with Crippen LogP contribution in [0.2, 0.25) is 0 Å². The maximum Gasteiger partial charge on any atom is 0.254 e. The minimum absolute atomic E-state index is 0.180. The quantitative estimate of drug-likeness (QED) is 0.785. The minimum atomic E-state index is -0.180. The second-order valence-corrected chi connectivity index (χ2v) is 3.74. The summed E-state index contributed by atoms with van der Waals surface area (Å²) in [5, 5.41) is 13.9. The van der Waals surface area contributed by atoms with Crippen molar-refractivity contribution >= 4 is 11.9 Å². The molecule has 1 amide bonds. The van der Waals surface area contributed by atoms with Crippen LogP contribution >= 0.6 is 0 Å². The summed E-state index contributed by atoms with van der Waals surface area (Å²) < 4.78 is 6.59. The molecule has 1 heterocycles. The van der Waals surface area contributed by atoms with Crippen LogP contribution in [-0.2, 0) is 9.53 Å². The van der Waals surface area contributed by atoms with Gasteiger partial charge in [-0.1, -0.05) is 23.3 Å². The average Bonchev–Trinajstić information content (AvgIpc) is 2.88. The third-order valence-electron chi connectivity index (χ3n) is 2.40. The van der Waals surface area contributed by atoms with Gasteiger partial charge in [-0.15, -0.1) is 0 Å². The van der Waals surface area contributed by atoms with Crippen LogP contribution in [0, 0.1) is 0 Å². The van der Waals surface area contributed by atoms with Crippen molar-refractivity contribution in [2.24, 2.45) is 0 Å². The molecule has 2 rings (SSSR count).